The second-order valence-electron chi connectivity index (χ2n) is 6.22. The van der Waals surface area contributed by atoms with E-state index < -0.39 is 0 Å². The number of benzene rings is 1. The molecule has 2 aromatic heterocycles. The van der Waals surface area contributed by atoms with Crippen LogP contribution in [0.4, 0.5) is 22.5 Å². The molecule has 0 aliphatic carbocycles. The summed E-state index contributed by atoms with van der Waals surface area (Å²) in [6.45, 7) is 5.42. The van der Waals surface area contributed by atoms with E-state index in [1.807, 2.05) is 20.0 Å². The van der Waals surface area contributed by atoms with E-state index in [0.29, 0.717) is 5.95 Å². The van der Waals surface area contributed by atoms with Crippen LogP contribution >= 0.6 is 11.3 Å². The van der Waals surface area contributed by atoms with Gasteiger partial charge in [0.15, 0.2) is 5.13 Å². The zero-order valence-corrected chi connectivity index (χ0v) is 16.2. The van der Waals surface area contributed by atoms with Crippen LogP contribution in [0.2, 0.25) is 0 Å². The largest absolute Gasteiger partial charge is 0.378 e. The number of aryl methyl sites for hydroxylation is 1. The third-order valence-electron chi connectivity index (χ3n) is 4.40. The Morgan fingerprint density at radius 3 is 2.56 bits per heavy atom. The number of rotatable bonds is 5. The molecule has 0 atom stereocenters. The van der Waals surface area contributed by atoms with Crippen LogP contribution in [0.5, 0.6) is 0 Å². The molecule has 27 heavy (non-hydrogen) atoms. The fourth-order valence-corrected chi connectivity index (χ4v) is 3.88. The molecule has 0 amide bonds. The van der Waals surface area contributed by atoms with Crippen molar-refractivity contribution in [3.8, 4) is 10.6 Å². The van der Waals surface area contributed by atoms with Gasteiger partial charge in [-0.1, -0.05) is 11.3 Å². The second kappa shape index (κ2) is 7.89. The molecule has 140 valence electrons. The Hall–Kier alpha value is -2.71. The smallest absolute Gasteiger partial charge is 0.227 e. The number of anilines is 4. The summed E-state index contributed by atoms with van der Waals surface area (Å²) in [5, 5.41) is 7.25. The molecule has 3 aromatic rings. The minimum Gasteiger partial charge on any atom is -0.378 e. The molecular formula is C19H22N6OS. The van der Waals surface area contributed by atoms with Gasteiger partial charge in [-0.2, -0.15) is 0 Å². The van der Waals surface area contributed by atoms with Gasteiger partial charge >= 0.3 is 0 Å². The van der Waals surface area contributed by atoms with E-state index in [-0.39, 0.29) is 0 Å². The van der Waals surface area contributed by atoms with Crippen molar-refractivity contribution >= 4 is 33.8 Å². The first-order valence-electron chi connectivity index (χ1n) is 8.91. The van der Waals surface area contributed by atoms with Gasteiger partial charge in [0.2, 0.25) is 5.95 Å². The normalized spacial score (nSPS) is 14.2. The fourth-order valence-electron chi connectivity index (χ4n) is 2.99. The summed E-state index contributed by atoms with van der Waals surface area (Å²) in [6.07, 6.45) is 1.77. The van der Waals surface area contributed by atoms with Crippen molar-refractivity contribution in [3.63, 3.8) is 0 Å². The number of ether oxygens (including phenoxy) is 1. The van der Waals surface area contributed by atoms with Crippen molar-refractivity contribution in [1.82, 2.24) is 15.0 Å². The van der Waals surface area contributed by atoms with Crippen LogP contribution in [0, 0.1) is 6.92 Å². The molecular weight excluding hydrogens is 360 g/mol. The van der Waals surface area contributed by atoms with Gasteiger partial charge in [-0.15, -0.1) is 0 Å². The number of morpholine rings is 1. The Kier molecular flexibility index (Phi) is 5.17. The van der Waals surface area contributed by atoms with Crippen molar-refractivity contribution < 1.29 is 4.74 Å². The van der Waals surface area contributed by atoms with Crippen molar-refractivity contribution in [2.45, 2.75) is 6.92 Å². The van der Waals surface area contributed by atoms with E-state index in [1.165, 1.54) is 5.69 Å². The Morgan fingerprint density at radius 2 is 1.85 bits per heavy atom. The number of hydrogen-bond donors (Lipinski definition) is 2. The monoisotopic (exact) mass is 382 g/mol. The van der Waals surface area contributed by atoms with Gasteiger partial charge < -0.3 is 20.3 Å². The molecule has 0 radical (unpaired) electrons. The molecule has 2 N–H and O–H groups in total. The zero-order chi connectivity index (χ0) is 18.6. The van der Waals surface area contributed by atoms with Crippen LogP contribution in [0.3, 0.4) is 0 Å². The number of nitrogens with one attached hydrogen (secondary N) is 2. The Bertz CT molecular complexity index is 905. The molecule has 1 aliphatic rings. The summed E-state index contributed by atoms with van der Waals surface area (Å²) < 4.78 is 5.41. The lowest BCUT2D eigenvalue weighted by Gasteiger charge is -2.28. The first-order chi connectivity index (χ1) is 13.2. The standard InChI is InChI=1S/C19H22N6OS/c1-13-17(27-19(20-2)22-13)16-7-8-21-18(24-16)23-14-3-5-15(6-4-14)25-9-11-26-12-10-25/h3-8H,9-12H2,1-2H3,(H,20,22)(H,21,23,24). The third kappa shape index (κ3) is 4.01. The summed E-state index contributed by atoms with van der Waals surface area (Å²) >= 11 is 1.59. The Balaban J connectivity index is 1.50. The molecule has 4 rings (SSSR count). The summed E-state index contributed by atoms with van der Waals surface area (Å²) in [5.41, 5.74) is 4.00. The van der Waals surface area contributed by atoms with Crippen LogP contribution in [-0.2, 0) is 4.74 Å². The molecule has 0 unspecified atom stereocenters. The molecule has 7 nitrogen and oxygen atoms in total. The molecule has 1 saturated heterocycles. The lowest BCUT2D eigenvalue weighted by molar-refractivity contribution is 0.122. The first-order valence-corrected chi connectivity index (χ1v) is 9.73. The average Bonchev–Trinajstić information content (AvgIpc) is 3.10. The maximum Gasteiger partial charge on any atom is 0.227 e. The van der Waals surface area contributed by atoms with Crippen LogP contribution in [0.15, 0.2) is 36.5 Å². The summed E-state index contributed by atoms with van der Waals surface area (Å²) in [5.74, 6) is 0.574. The number of hydrogen-bond acceptors (Lipinski definition) is 8. The fraction of sp³-hybridized carbons (Fsp3) is 0.316. The minimum absolute atomic E-state index is 0.574. The maximum absolute atomic E-state index is 5.41. The van der Waals surface area contributed by atoms with Crippen LogP contribution in [0.1, 0.15) is 5.69 Å². The Morgan fingerprint density at radius 1 is 1.07 bits per heavy atom. The lowest BCUT2D eigenvalue weighted by Crippen LogP contribution is -2.36. The molecule has 1 aromatic carbocycles. The molecule has 8 heteroatoms. The van der Waals surface area contributed by atoms with Gasteiger partial charge in [0.1, 0.15) is 0 Å². The predicted molar refractivity (Wildman–Crippen MR) is 110 cm³/mol. The molecule has 0 spiro atoms. The van der Waals surface area contributed by atoms with Gasteiger partial charge in [-0.3, -0.25) is 0 Å². The van der Waals surface area contributed by atoms with Crippen molar-refractivity contribution in [2.75, 3.05) is 48.9 Å². The van der Waals surface area contributed by atoms with E-state index in [1.54, 1.807) is 17.5 Å². The van der Waals surface area contributed by atoms with E-state index in [4.69, 9.17) is 4.74 Å². The van der Waals surface area contributed by atoms with E-state index in [0.717, 1.165) is 53.4 Å². The highest BCUT2D eigenvalue weighted by molar-refractivity contribution is 7.19. The van der Waals surface area contributed by atoms with Gasteiger partial charge in [-0.05, 0) is 37.3 Å². The van der Waals surface area contributed by atoms with E-state index in [2.05, 4.69) is 54.8 Å². The van der Waals surface area contributed by atoms with Crippen molar-refractivity contribution in [2.24, 2.45) is 0 Å². The van der Waals surface area contributed by atoms with E-state index >= 15 is 0 Å². The molecule has 1 fully saturated rings. The first kappa shape index (κ1) is 17.7. The van der Waals surface area contributed by atoms with Gasteiger partial charge in [-0.25, -0.2) is 15.0 Å². The van der Waals surface area contributed by atoms with Gasteiger partial charge in [0, 0.05) is 37.7 Å². The number of aromatic nitrogens is 3. The van der Waals surface area contributed by atoms with Crippen LogP contribution in [0.25, 0.3) is 10.6 Å². The lowest BCUT2D eigenvalue weighted by atomic mass is 10.2. The van der Waals surface area contributed by atoms with Crippen LogP contribution in [-0.4, -0.2) is 48.3 Å². The third-order valence-corrected chi connectivity index (χ3v) is 5.60. The topological polar surface area (TPSA) is 75.2 Å². The molecule has 1 aliphatic heterocycles. The quantitative estimate of drug-likeness (QED) is 0.699. The van der Waals surface area contributed by atoms with Crippen molar-refractivity contribution in [1.29, 1.82) is 0 Å². The number of nitrogens with zero attached hydrogens (tertiary/aromatic N) is 4. The second-order valence-corrected chi connectivity index (χ2v) is 7.22. The SMILES string of the molecule is CNc1nc(C)c(-c2ccnc(Nc3ccc(N4CCOCC4)cc3)n2)s1. The molecule has 0 bridgehead atoms. The molecule has 0 saturated carbocycles. The molecule has 3 heterocycles. The van der Waals surface area contributed by atoms with Gasteiger partial charge in [0.25, 0.3) is 0 Å². The summed E-state index contributed by atoms with van der Waals surface area (Å²) in [7, 11) is 1.87. The maximum atomic E-state index is 5.41. The summed E-state index contributed by atoms with van der Waals surface area (Å²) in [6, 6.07) is 10.2. The Labute approximate surface area is 162 Å². The highest BCUT2D eigenvalue weighted by atomic mass is 32.1. The highest BCUT2D eigenvalue weighted by Gasteiger charge is 2.13. The zero-order valence-electron chi connectivity index (χ0n) is 15.4. The van der Waals surface area contributed by atoms with Crippen LogP contribution < -0.4 is 15.5 Å². The predicted octanol–water partition coefficient (Wildman–Crippen LogP) is 3.53. The summed E-state index contributed by atoms with van der Waals surface area (Å²) in [4.78, 5) is 16.9. The van der Waals surface area contributed by atoms with E-state index in [9.17, 15) is 0 Å². The van der Waals surface area contributed by atoms with Crippen molar-refractivity contribution in [3.05, 3.63) is 42.2 Å². The average molecular weight is 382 g/mol. The van der Waals surface area contributed by atoms with Gasteiger partial charge in [0.05, 0.1) is 29.5 Å². The number of thiazole rings is 1. The minimum atomic E-state index is 0.574. The highest BCUT2D eigenvalue weighted by Crippen LogP contribution is 2.31.